The molecule has 1 aromatic rings. The monoisotopic (exact) mass is 269 g/mol. The first-order chi connectivity index (χ1) is 8.60. The predicted octanol–water partition coefficient (Wildman–Crippen LogP) is 3.28. The largest absolute Gasteiger partial charge is 0.299 e. The number of hydrogen-bond donors (Lipinski definition) is 0. The third-order valence-electron chi connectivity index (χ3n) is 3.51. The van der Waals surface area contributed by atoms with Crippen LogP contribution in [0.3, 0.4) is 0 Å². The number of hydrogen-bond acceptors (Lipinski definition) is 2. The maximum Gasteiger partial charge on any atom is 0.138 e. The van der Waals surface area contributed by atoms with E-state index in [2.05, 4.69) is 4.90 Å². The van der Waals surface area contributed by atoms with Gasteiger partial charge >= 0.3 is 0 Å². The summed E-state index contributed by atoms with van der Waals surface area (Å²) in [6.45, 7) is 4.02. The lowest BCUT2D eigenvalue weighted by Gasteiger charge is -2.31. The second-order valence-electron chi connectivity index (χ2n) is 4.79. The Hall–Kier alpha value is -0.930. The molecule has 0 spiro atoms. The zero-order chi connectivity index (χ0) is 13.1. The van der Waals surface area contributed by atoms with Gasteiger partial charge < -0.3 is 0 Å². The average Bonchev–Trinajstić information content (AvgIpc) is 2.35. The fourth-order valence-electron chi connectivity index (χ4n) is 2.37. The number of Topliss-reactive ketones (excluding diaryl/α,β-unsaturated/α-hetero) is 1. The zero-order valence-electron chi connectivity index (χ0n) is 10.5. The molecule has 0 radical (unpaired) electrons. The second-order valence-corrected chi connectivity index (χ2v) is 5.23. The Morgan fingerprint density at radius 1 is 1.50 bits per heavy atom. The summed E-state index contributed by atoms with van der Waals surface area (Å²) in [6, 6.07) is 4.75. The number of piperidine rings is 1. The van der Waals surface area contributed by atoms with Crippen molar-refractivity contribution in [1.82, 2.24) is 4.90 Å². The molecule has 0 N–H and O–H groups in total. The molecule has 1 aromatic carbocycles. The molecule has 1 aliphatic heterocycles. The van der Waals surface area contributed by atoms with Gasteiger partial charge in [-0.05, 0) is 18.6 Å². The van der Waals surface area contributed by atoms with Gasteiger partial charge in [0.15, 0.2) is 0 Å². The number of carbonyl (C=O) groups excluding carboxylic acids is 1. The summed E-state index contributed by atoms with van der Waals surface area (Å²) in [5.74, 6) is 0.173. The van der Waals surface area contributed by atoms with Crippen LogP contribution in [0.2, 0.25) is 5.02 Å². The van der Waals surface area contributed by atoms with Crippen molar-refractivity contribution in [3.63, 3.8) is 0 Å². The van der Waals surface area contributed by atoms with Gasteiger partial charge in [0, 0.05) is 42.6 Å². The summed E-state index contributed by atoms with van der Waals surface area (Å²) >= 11 is 5.73. The molecule has 1 atom stereocenters. The van der Waals surface area contributed by atoms with Crippen LogP contribution in [0.5, 0.6) is 0 Å². The highest BCUT2D eigenvalue weighted by molar-refractivity contribution is 6.30. The van der Waals surface area contributed by atoms with E-state index in [-0.39, 0.29) is 11.7 Å². The molecule has 2 rings (SSSR count). The molecule has 0 amide bonds. The Kier molecular flexibility index (Phi) is 4.36. The molecule has 1 heterocycles. The lowest BCUT2D eigenvalue weighted by Crippen LogP contribution is -2.40. The van der Waals surface area contributed by atoms with Crippen LogP contribution >= 0.6 is 11.6 Å². The van der Waals surface area contributed by atoms with Crippen molar-refractivity contribution in [2.45, 2.75) is 26.3 Å². The number of rotatable bonds is 3. The van der Waals surface area contributed by atoms with Crippen molar-refractivity contribution in [2.24, 2.45) is 5.92 Å². The van der Waals surface area contributed by atoms with Crippen molar-refractivity contribution in [2.75, 3.05) is 13.1 Å². The van der Waals surface area contributed by atoms with E-state index in [9.17, 15) is 9.18 Å². The van der Waals surface area contributed by atoms with Crippen LogP contribution in [-0.4, -0.2) is 23.8 Å². The minimum Gasteiger partial charge on any atom is -0.299 e. The third kappa shape index (κ3) is 3.09. The van der Waals surface area contributed by atoms with Crippen LogP contribution in [0, 0.1) is 11.7 Å². The Morgan fingerprint density at radius 3 is 2.94 bits per heavy atom. The molecule has 0 bridgehead atoms. The van der Waals surface area contributed by atoms with E-state index in [1.165, 1.54) is 6.07 Å². The average molecular weight is 270 g/mol. The van der Waals surface area contributed by atoms with E-state index in [0.29, 0.717) is 29.3 Å². The fraction of sp³-hybridized carbons (Fsp3) is 0.500. The fourth-order valence-corrected chi connectivity index (χ4v) is 2.53. The maximum atomic E-state index is 13.7. The highest BCUT2D eigenvalue weighted by Crippen LogP contribution is 2.21. The van der Waals surface area contributed by atoms with Crippen LogP contribution in [0.25, 0.3) is 0 Å². The Labute approximate surface area is 112 Å². The zero-order valence-corrected chi connectivity index (χ0v) is 11.2. The van der Waals surface area contributed by atoms with Crippen LogP contribution in [0.1, 0.15) is 25.3 Å². The third-order valence-corrected chi connectivity index (χ3v) is 3.75. The quantitative estimate of drug-likeness (QED) is 0.839. The summed E-state index contributed by atoms with van der Waals surface area (Å²) in [4.78, 5) is 13.8. The van der Waals surface area contributed by atoms with Crippen LogP contribution in [0.15, 0.2) is 18.2 Å². The molecule has 18 heavy (non-hydrogen) atoms. The van der Waals surface area contributed by atoms with E-state index in [1.807, 2.05) is 6.92 Å². The highest BCUT2D eigenvalue weighted by Gasteiger charge is 2.25. The van der Waals surface area contributed by atoms with Gasteiger partial charge in [0.2, 0.25) is 0 Å². The highest BCUT2D eigenvalue weighted by atomic mass is 35.5. The first-order valence-corrected chi connectivity index (χ1v) is 6.67. The van der Waals surface area contributed by atoms with Crippen molar-refractivity contribution in [3.05, 3.63) is 34.6 Å². The van der Waals surface area contributed by atoms with E-state index in [1.54, 1.807) is 12.1 Å². The Bertz CT molecular complexity index is 449. The second kappa shape index (κ2) is 5.81. The molecule has 1 fully saturated rings. The lowest BCUT2D eigenvalue weighted by atomic mass is 9.94. The topological polar surface area (TPSA) is 20.3 Å². The first kappa shape index (κ1) is 13.5. The summed E-state index contributed by atoms with van der Waals surface area (Å²) < 4.78 is 13.7. The molecule has 0 aliphatic carbocycles. The van der Waals surface area contributed by atoms with E-state index < -0.39 is 0 Å². The van der Waals surface area contributed by atoms with E-state index >= 15 is 0 Å². The molecule has 1 unspecified atom stereocenters. The number of benzene rings is 1. The summed E-state index contributed by atoms with van der Waals surface area (Å²) in [5, 5.41) is 0.413. The smallest absolute Gasteiger partial charge is 0.138 e. The minimum atomic E-state index is -0.271. The van der Waals surface area contributed by atoms with Gasteiger partial charge in [-0.3, -0.25) is 9.69 Å². The molecular formula is C14H17ClFNO. The Morgan fingerprint density at radius 2 is 2.28 bits per heavy atom. The normalized spacial score (nSPS) is 21.3. The number of nitrogens with zero attached hydrogens (tertiary/aromatic N) is 1. The van der Waals surface area contributed by atoms with Gasteiger partial charge in [-0.2, -0.15) is 0 Å². The van der Waals surface area contributed by atoms with Crippen LogP contribution < -0.4 is 0 Å². The summed E-state index contributed by atoms with van der Waals surface area (Å²) in [7, 11) is 0. The predicted molar refractivity (Wildman–Crippen MR) is 70.1 cm³/mol. The van der Waals surface area contributed by atoms with Crippen molar-refractivity contribution in [1.29, 1.82) is 0 Å². The molecular weight excluding hydrogens is 253 g/mol. The maximum absolute atomic E-state index is 13.7. The molecule has 1 saturated heterocycles. The number of ketones is 1. The molecule has 0 saturated carbocycles. The van der Waals surface area contributed by atoms with Gasteiger partial charge in [0.05, 0.1) is 0 Å². The minimum absolute atomic E-state index is 0.106. The Balaban J connectivity index is 2.03. The van der Waals surface area contributed by atoms with Gasteiger partial charge in [0.25, 0.3) is 0 Å². The molecule has 4 heteroatoms. The standard InChI is InChI=1S/C14H17ClFNO/c1-2-10-8-17(6-5-14(10)18)9-11-3-4-12(15)7-13(11)16/h3-4,7,10H,2,5-6,8-9H2,1H3. The first-order valence-electron chi connectivity index (χ1n) is 6.29. The van der Waals surface area contributed by atoms with E-state index in [0.717, 1.165) is 19.5 Å². The summed E-state index contributed by atoms with van der Waals surface area (Å²) in [5.41, 5.74) is 0.642. The van der Waals surface area contributed by atoms with Crippen molar-refractivity contribution >= 4 is 17.4 Å². The van der Waals surface area contributed by atoms with Crippen LogP contribution in [-0.2, 0) is 11.3 Å². The molecule has 0 aromatic heterocycles. The number of carbonyl (C=O) groups is 1. The van der Waals surface area contributed by atoms with Gasteiger partial charge in [-0.15, -0.1) is 0 Å². The summed E-state index contributed by atoms with van der Waals surface area (Å²) in [6.07, 6.45) is 1.44. The van der Waals surface area contributed by atoms with Crippen LogP contribution in [0.4, 0.5) is 4.39 Å². The number of halogens is 2. The van der Waals surface area contributed by atoms with Crippen molar-refractivity contribution in [3.8, 4) is 0 Å². The molecule has 98 valence electrons. The molecule has 1 aliphatic rings. The van der Waals surface area contributed by atoms with Gasteiger partial charge in [-0.25, -0.2) is 4.39 Å². The van der Waals surface area contributed by atoms with E-state index in [4.69, 9.17) is 11.6 Å². The number of likely N-dealkylation sites (tertiary alicyclic amines) is 1. The lowest BCUT2D eigenvalue weighted by molar-refractivity contribution is -0.126. The SMILES string of the molecule is CCC1CN(Cc2ccc(Cl)cc2F)CCC1=O. The van der Waals surface area contributed by atoms with Crippen molar-refractivity contribution < 1.29 is 9.18 Å². The van der Waals surface area contributed by atoms with Gasteiger partial charge in [-0.1, -0.05) is 24.6 Å². The molecule has 2 nitrogen and oxygen atoms in total. The van der Waals surface area contributed by atoms with Gasteiger partial charge in [0.1, 0.15) is 11.6 Å².